The van der Waals surface area contributed by atoms with Crippen LogP contribution in [0.15, 0.2) is 73.3 Å². The molecule has 0 aliphatic carbocycles. The van der Waals surface area contributed by atoms with E-state index in [2.05, 4.69) is 80.4 Å². The number of aromatic amines is 2. The van der Waals surface area contributed by atoms with Crippen LogP contribution in [0.1, 0.15) is 63.5 Å². The SMILES string of the molecule is CC(C)CC1C(=O)Nc2cc3nc(-c4ccncc4)[nH]c3cc21.CC(C)CC1C(=O)Nc2cc3nc(-c4ccncc4)[nH]c3cc21.O.O.O. The molecule has 0 radical (unpaired) electrons. The van der Waals surface area contributed by atoms with Gasteiger partial charge in [-0.1, -0.05) is 27.7 Å². The number of benzene rings is 2. The van der Waals surface area contributed by atoms with Crippen molar-refractivity contribution >= 4 is 45.3 Å². The molecule has 2 aromatic carbocycles. The Hall–Kier alpha value is -5.50. The van der Waals surface area contributed by atoms with Gasteiger partial charge in [0.1, 0.15) is 11.6 Å². The van der Waals surface area contributed by atoms with Gasteiger partial charge in [-0.05, 0) is 84.3 Å². The molecule has 2 aliphatic heterocycles. The van der Waals surface area contributed by atoms with Gasteiger partial charge >= 0.3 is 0 Å². The third-order valence-corrected chi connectivity index (χ3v) is 8.53. The summed E-state index contributed by atoms with van der Waals surface area (Å²) in [5, 5.41) is 5.98. The maximum absolute atomic E-state index is 12.2. The van der Waals surface area contributed by atoms with E-state index in [9.17, 15) is 9.59 Å². The van der Waals surface area contributed by atoms with Crippen LogP contribution in [0.25, 0.3) is 44.8 Å². The molecule has 2 unspecified atom stereocenters. The van der Waals surface area contributed by atoms with Crippen molar-refractivity contribution in [2.24, 2.45) is 11.8 Å². The summed E-state index contributed by atoms with van der Waals surface area (Å²) in [7, 11) is 0. The number of imidazole rings is 2. The second-order valence-electron chi connectivity index (χ2n) is 12.9. The van der Waals surface area contributed by atoms with Crippen LogP contribution in [0.4, 0.5) is 11.4 Å². The number of anilines is 2. The summed E-state index contributed by atoms with van der Waals surface area (Å²) in [6.45, 7) is 8.56. The fraction of sp³-hybridized carbons (Fsp3) is 0.278. The highest BCUT2D eigenvalue weighted by Gasteiger charge is 2.33. The summed E-state index contributed by atoms with van der Waals surface area (Å²) in [5.41, 5.74) is 9.56. The number of hydrogen-bond acceptors (Lipinski definition) is 6. The van der Waals surface area contributed by atoms with Gasteiger partial charge in [-0.25, -0.2) is 9.97 Å². The predicted molar refractivity (Wildman–Crippen MR) is 191 cm³/mol. The van der Waals surface area contributed by atoms with Crippen molar-refractivity contribution in [1.29, 1.82) is 0 Å². The molecule has 0 saturated heterocycles. The van der Waals surface area contributed by atoms with E-state index >= 15 is 0 Å². The summed E-state index contributed by atoms with van der Waals surface area (Å²) in [6.07, 6.45) is 8.72. The highest BCUT2D eigenvalue weighted by atomic mass is 16.2. The zero-order valence-corrected chi connectivity index (χ0v) is 27.8. The van der Waals surface area contributed by atoms with Crippen LogP contribution in [-0.2, 0) is 9.59 Å². The molecule has 0 spiro atoms. The minimum Gasteiger partial charge on any atom is -0.412 e. The van der Waals surface area contributed by atoms with Gasteiger partial charge in [0.15, 0.2) is 0 Å². The van der Waals surface area contributed by atoms with Crippen molar-refractivity contribution in [3.8, 4) is 22.8 Å². The number of rotatable bonds is 6. The monoisotopic (exact) mass is 666 g/mol. The summed E-state index contributed by atoms with van der Waals surface area (Å²) < 4.78 is 0. The lowest BCUT2D eigenvalue weighted by atomic mass is 9.91. The number of carbonyl (C=O) groups excluding carboxylic acids is 2. The minimum absolute atomic E-state index is 0. The smallest absolute Gasteiger partial charge is 0.232 e. The average Bonchev–Trinajstić information content (AvgIpc) is 3.79. The van der Waals surface area contributed by atoms with Gasteiger partial charge in [0, 0.05) is 47.3 Å². The number of fused-ring (bicyclic) bond motifs is 4. The van der Waals surface area contributed by atoms with E-state index in [0.717, 1.165) is 80.2 Å². The number of nitrogens with one attached hydrogen (secondary N) is 4. The number of hydrogen-bond donors (Lipinski definition) is 4. The Balaban J connectivity index is 0.000000208. The van der Waals surface area contributed by atoms with Gasteiger partial charge in [0.2, 0.25) is 11.8 Å². The highest BCUT2D eigenvalue weighted by Crippen LogP contribution is 2.40. The molecule has 49 heavy (non-hydrogen) atoms. The Morgan fingerprint density at radius 3 is 1.31 bits per heavy atom. The molecular weight excluding hydrogens is 624 g/mol. The molecule has 2 aliphatic rings. The third-order valence-electron chi connectivity index (χ3n) is 8.53. The third kappa shape index (κ3) is 7.18. The Morgan fingerprint density at radius 2 is 0.959 bits per heavy atom. The Kier molecular flexibility index (Phi) is 10.9. The van der Waals surface area contributed by atoms with Crippen LogP contribution in [0.2, 0.25) is 0 Å². The molecular formula is C36H42N8O5. The summed E-state index contributed by atoms with van der Waals surface area (Å²) in [6, 6.07) is 15.8. The molecule has 10 N–H and O–H groups in total. The predicted octanol–water partition coefficient (Wildman–Crippen LogP) is 4.94. The van der Waals surface area contributed by atoms with Gasteiger partial charge in [-0.15, -0.1) is 0 Å². The van der Waals surface area contributed by atoms with Crippen molar-refractivity contribution in [2.75, 3.05) is 10.6 Å². The first-order chi connectivity index (χ1) is 22.2. The standard InChI is InChI=1S/2C18H18N4O.3H2O/c2*1-10(2)7-13-12-8-15-16(9-14(12)22-18(13)23)21-17(20-15)11-3-5-19-6-4-11;;;/h2*3-6,8-10,13H,7H2,1-2H3,(H,20,21)(H,22,23);3*1H2. The first-order valence-electron chi connectivity index (χ1n) is 15.7. The van der Waals surface area contributed by atoms with E-state index in [1.807, 2.05) is 36.4 Å². The average molecular weight is 667 g/mol. The summed E-state index contributed by atoms with van der Waals surface area (Å²) in [5.74, 6) is 2.63. The van der Waals surface area contributed by atoms with Crippen molar-refractivity contribution in [1.82, 2.24) is 29.9 Å². The molecule has 2 amide bonds. The number of pyridine rings is 2. The van der Waals surface area contributed by atoms with Gasteiger partial charge < -0.3 is 37.0 Å². The quantitative estimate of drug-likeness (QED) is 0.192. The van der Waals surface area contributed by atoms with Gasteiger partial charge in [-0.3, -0.25) is 19.6 Å². The van der Waals surface area contributed by atoms with Gasteiger partial charge in [0.25, 0.3) is 0 Å². The molecule has 8 rings (SSSR count). The van der Waals surface area contributed by atoms with Gasteiger partial charge in [-0.2, -0.15) is 0 Å². The molecule has 0 saturated carbocycles. The van der Waals surface area contributed by atoms with Crippen LogP contribution in [-0.4, -0.2) is 58.1 Å². The highest BCUT2D eigenvalue weighted by molar-refractivity contribution is 6.06. The molecule has 4 aromatic heterocycles. The lowest BCUT2D eigenvalue weighted by Crippen LogP contribution is -2.13. The summed E-state index contributed by atoms with van der Waals surface area (Å²) >= 11 is 0. The van der Waals surface area contributed by atoms with E-state index < -0.39 is 0 Å². The van der Waals surface area contributed by atoms with Crippen LogP contribution in [0.3, 0.4) is 0 Å². The van der Waals surface area contributed by atoms with E-state index in [-0.39, 0.29) is 40.1 Å². The Bertz CT molecular complexity index is 1930. The number of nitrogens with zero attached hydrogens (tertiary/aromatic N) is 4. The maximum atomic E-state index is 12.2. The first-order valence-corrected chi connectivity index (χ1v) is 15.7. The molecule has 0 bridgehead atoms. The normalized spacial score (nSPS) is 15.8. The van der Waals surface area contributed by atoms with E-state index in [1.54, 1.807) is 24.8 Å². The minimum atomic E-state index is -0.0675. The molecule has 2 atom stereocenters. The zero-order chi connectivity index (χ0) is 31.9. The molecule has 256 valence electrons. The van der Waals surface area contributed by atoms with Gasteiger partial charge in [0.05, 0.1) is 33.9 Å². The Labute approximate surface area is 283 Å². The van der Waals surface area contributed by atoms with Crippen molar-refractivity contribution < 1.29 is 26.0 Å². The first kappa shape index (κ1) is 36.3. The Morgan fingerprint density at radius 1 is 0.592 bits per heavy atom. The molecule has 6 aromatic rings. The molecule has 13 nitrogen and oxygen atoms in total. The topological polar surface area (TPSA) is 236 Å². The largest absolute Gasteiger partial charge is 0.412 e. The fourth-order valence-corrected chi connectivity index (χ4v) is 6.37. The van der Waals surface area contributed by atoms with E-state index in [1.165, 1.54) is 0 Å². The van der Waals surface area contributed by atoms with Crippen LogP contribution in [0, 0.1) is 11.8 Å². The zero-order valence-electron chi connectivity index (χ0n) is 27.8. The number of aromatic nitrogens is 6. The molecule has 13 heteroatoms. The lowest BCUT2D eigenvalue weighted by Gasteiger charge is -2.11. The lowest BCUT2D eigenvalue weighted by molar-refractivity contribution is -0.118. The molecule has 0 fully saturated rings. The summed E-state index contributed by atoms with van der Waals surface area (Å²) in [4.78, 5) is 48.5. The van der Waals surface area contributed by atoms with Crippen LogP contribution in [0.5, 0.6) is 0 Å². The van der Waals surface area contributed by atoms with Crippen molar-refractivity contribution in [2.45, 2.75) is 52.4 Å². The second-order valence-corrected chi connectivity index (χ2v) is 12.9. The second kappa shape index (κ2) is 14.7. The van der Waals surface area contributed by atoms with Crippen LogP contribution < -0.4 is 10.6 Å². The number of amides is 2. The fourth-order valence-electron chi connectivity index (χ4n) is 6.37. The molecule has 6 heterocycles. The van der Waals surface area contributed by atoms with Crippen molar-refractivity contribution in [3.05, 3.63) is 84.4 Å². The number of carbonyl (C=O) groups is 2. The van der Waals surface area contributed by atoms with E-state index in [0.29, 0.717) is 11.8 Å². The van der Waals surface area contributed by atoms with Crippen molar-refractivity contribution in [3.63, 3.8) is 0 Å². The maximum Gasteiger partial charge on any atom is 0.232 e. The number of H-pyrrole nitrogens is 2. The van der Waals surface area contributed by atoms with Crippen LogP contribution >= 0.6 is 0 Å². The van der Waals surface area contributed by atoms with E-state index in [4.69, 9.17) is 0 Å².